The Labute approximate surface area is 161 Å². The van der Waals surface area contributed by atoms with Gasteiger partial charge in [-0.25, -0.2) is 9.37 Å². The summed E-state index contributed by atoms with van der Waals surface area (Å²) in [5, 5.41) is 1.19. The van der Waals surface area contributed by atoms with Crippen molar-refractivity contribution in [2.45, 2.75) is 52.0 Å². The Balaban J connectivity index is 1.73. The molecule has 2 aliphatic rings. The highest BCUT2D eigenvalue weighted by molar-refractivity contribution is 6.32. The van der Waals surface area contributed by atoms with Crippen LogP contribution in [-0.4, -0.2) is 56.4 Å². The Bertz CT molecular complexity index is 928. The van der Waals surface area contributed by atoms with Gasteiger partial charge in [-0.15, -0.1) is 0 Å². The number of aromatic amines is 1. The number of likely N-dealkylation sites (tertiary alicyclic amines) is 1. The first-order chi connectivity index (χ1) is 12.8. The summed E-state index contributed by atoms with van der Waals surface area (Å²) in [6.07, 6.45) is 2.49. The van der Waals surface area contributed by atoms with E-state index in [1.165, 1.54) is 0 Å². The van der Waals surface area contributed by atoms with E-state index in [1.807, 2.05) is 20.8 Å². The third-order valence-electron chi connectivity index (χ3n) is 5.60. The molecular weight excluding hydrogens is 371 g/mol. The SMILES string of the molecule is CC(C)C(C(=O)N1CC(F)CC1C)N1Cc2c(Cl)cnc3[nH]cc(c23)C1=O. The van der Waals surface area contributed by atoms with E-state index in [9.17, 15) is 14.0 Å². The van der Waals surface area contributed by atoms with Crippen molar-refractivity contribution >= 4 is 34.4 Å². The number of alkyl halides is 1. The number of amides is 2. The molecule has 3 atom stereocenters. The molecule has 1 fully saturated rings. The van der Waals surface area contributed by atoms with Crippen molar-refractivity contribution in [3.63, 3.8) is 0 Å². The van der Waals surface area contributed by atoms with Gasteiger partial charge in [0.1, 0.15) is 17.9 Å². The molecule has 2 amide bonds. The van der Waals surface area contributed by atoms with Gasteiger partial charge in [0.2, 0.25) is 5.91 Å². The van der Waals surface area contributed by atoms with Crippen LogP contribution in [0.25, 0.3) is 11.0 Å². The molecule has 0 spiro atoms. The van der Waals surface area contributed by atoms with E-state index in [0.29, 0.717) is 22.7 Å². The zero-order valence-electron chi connectivity index (χ0n) is 15.5. The van der Waals surface area contributed by atoms with Crippen LogP contribution in [0.15, 0.2) is 12.4 Å². The van der Waals surface area contributed by atoms with Crippen LogP contribution >= 0.6 is 11.6 Å². The standard InChI is InChI=1S/C19H22ClFN4O2/c1-9(2)16(19(27)24-7-11(21)4-10(24)3)25-8-13-14(20)6-23-17-15(13)12(5-22-17)18(25)26/h5-6,9-11,16H,4,7-8H2,1-3H3,(H,22,23). The van der Waals surface area contributed by atoms with E-state index in [4.69, 9.17) is 11.6 Å². The molecule has 1 N–H and O–H groups in total. The zero-order valence-corrected chi connectivity index (χ0v) is 16.3. The Morgan fingerprint density at radius 3 is 2.81 bits per heavy atom. The summed E-state index contributed by atoms with van der Waals surface area (Å²) in [5.74, 6) is -0.552. The molecule has 0 aromatic carbocycles. The van der Waals surface area contributed by atoms with Gasteiger partial charge in [0.05, 0.1) is 17.1 Å². The van der Waals surface area contributed by atoms with Crippen LogP contribution < -0.4 is 0 Å². The lowest BCUT2D eigenvalue weighted by atomic mass is 9.95. The van der Waals surface area contributed by atoms with Crippen molar-refractivity contribution in [2.24, 2.45) is 5.92 Å². The van der Waals surface area contributed by atoms with Crippen molar-refractivity contribution in [1.29, 1.82) is 0 Å². The molecule has 2 aromatic heterocycles. The smallest absolute Gasteiger partial charge is 0.257 e. The highest BCUT2D eigenvalue weighted by Gasteiger charge is 2.43. The van der Waals surface area contributed by atoms with Gasteiger partial charge in [-0.1, -0.05) is 25.4 Å². The van der Waals surface area contributed by atoms with Crippen molar-refractivity contribution in [1.82, 2.24) is 19.8 Å². The summed E-state index contributed by atoms with van der Waals surface area (Å²) in [4.78, 5) is 36.8. The highest BCUT2D eigenvalue weighted by Crippen LogP contribution is 2.35. The van der Waals surface area contributed by atoms with Crippen molar-refractivity contribution in [3.8, 4) is 0 Å². The maximum atomic E-state index is 13.8. The number of nitrogens with zero attached hydrogens (tertiary/aromatic N) is 3. The minimum Gasteiger partial charge on any atom is -0.345 e. The number of halogens is 2. The van der Waals surface area contributed by atoms with Gasteiger partial charge in [0.25, 0.3) is 5.91 Å². The number of carbonyl (C=O) groups is 2. The van der Waals surface area contributed by atoms with Crippen LogP contribution in [0.3, 0.4) is 0 Å². The maximum Gasteiger partial charge on any atom is 0.257 e. The average molecular weight is 393 g/mol. The average Bonchev–Trinajstić information content (AvgIpc) is 3.18. The lowest BCUT2D eigenvalue weighted by Gasteiger charge is -2.38. The van der Waals surface area contributed by atoms with E-state index < -0.39 is 12.2 Å². The van der Waals surface area contributed by atoms with Crippen LogP contribution in [0.2, 0.25) is 5.02 Å². The Hall–Kier alpha value is -2.15. The largest absolute Gasteiger partial charge is 0.345 e. The van der Waals surface area contributed by atoms with E-state index in [-0.39, 0.29) is 36.9 Å². The molecule has 0 aliphatic carbocycles. The minimum atomic E-state index is -1.01. The summed E-state index contributed by atoms with van der Waals surface area (Å²) in [5.41, 5.74) is 1.87. The fourth-order valence-corrected chi connectivity index (χ4v) is 4.51. The molecule has 27 heavy (non-hydrogen) atoms. The van der Waals surface area contributed by atoms with Crippen LogP contribution in [0.4, 0.5) is 4.39 Å². The molecular formula is C19H22ClFN4O2. The van der Waals surface area contributed by atoms with Gasteiger partial charge < -0.3 is 14.8 Å². The Morgan fingerprint density at radius 1 is 1.44 bits per heavy atom. The minimum absolute atomic E-state index is 0.0842. The lowest BCUT2D eigenvalue weighted by molar-refractivity contribution is -0.138. The van der Waals surface area contributed by atoms with Gasteiger partial charge in [-0.2, -0.15) is 0 Å². The predicted molar refractivity (Wildman–Crippen MR) is 100 cm³/mol. The molecule has 4 heterocycles. The Kier molecular flexibility index (Phi) is 4.37. The summed E-state index contributed by atoms with van der Waals surface area (Å²) in [6.45, 7) is 5.97. The highest BCUT2D eigenvalue weighted by atomic mass is 35.5. The number of pyridine rings is 1. The second-order valence-electron chi connectivity index (χ2n) is 7.81. The molecule has 8 heteroatoms. The van der Waals surface area contributed by atoms with Gasteiger partial charge in [0, 0.05) is 42.4 Å². The van der Waals surface area contributed by atoms with Crippen LogP contribution in [-0.2, 0) is 11.3 Å². The molecule has 1 saturated heterocycles. The van der Waals surface area contributed by atoms with Gasteiger partial charge in [-0.3, -0.25) is 9.59 Å². The second-order valence-corrected chi connectivity index (χ2v) is 8.21. The zero-order chi connectivity index (χ0) is 19.5. The molecule has 2 aromatic rings. The molecule has 0 radical (unpaired) electrons. The first-order valence-corrected chi connectivity index (χ1v) is 9.57. The molecule has 3 unspecified atom stereocenters. The van der Waals surface area contributed by atoms with E-state index >= 15 is 0 Å². The van der Waals surface area contributed by atoms with Crippen molar-refractivity contribution in [3.05, 3.63) is 28.5 Å². The third-order valence-corrected chi connectivity index (χ3v) is 5.93. The number of nitrogens with one attached hydrogen (secondary N) is 1. The van der Waals surface area contributed by atoms with Crippen LogP contribution in [0, 0.1) is 5.92 Å². The van der Waals surface area contributed by atoms with Gasteiger partial charge >= 0.3 is 0 Å². The quantitative estimate of drug-likeness (QED) is 0.872. The number of carbonyl (C=O) groups excluding carboxylic acids is 2. The number of hydrogen-bond donors (Lipinski definition) is 1. The van der Waals surface area contributed by atoms with Gasteiger partial charge in [0.15, 0.2) is 0 Å². The number of hydrogen-bond acceptors (Lipinski definition) is 3. The summed E-state index contributed by atoms with van der Waals surface area (Å²) in [6, 6.07) is -0.847. The Morgan fingerprint density at radius 2 is 2.19 bits per heavy atom. The molecule has 2 aliphatic heterocycles. The number of rotatable bonds is 3. The molecule has 144 valence electrons. The van der Waals surface area contributed by atoms with Crippen LogP contribution in [0.5, 0.6) is 0 Å². The third kappa shape index (κ3) is 2.79. The topological polar surface area (TPSA) is 69.3 Å². The molecule has 0 bridgehead atoms. The van der Waals surface area contributed by atoms with E-state index in [0.717, 1.165) is 10.9 Å². The van der Waals surface area contributed by atoms with Gasteiger partial charge in [-0.05, 0) is 12.8 Å². The monoisotopic (exact) mass is 392 g/mol. The van der Waals surface area contributed by atoms with E-state index in [2.05, 4.69) is 9.97 Å². The van der Waals surface area contributed by atoms with Crippen LogP contribution in [0.1, 0.15) is 43.1 Å². The van der Waals surface area contributed by atoms with Crippen molar-refractivity contribution < 1.29 is 14.0 Å². The maximum absolute atomic E-state index is 13.8. The fourth-order valence-electron chi connectivity index (χ4n) is 4.30. The van der Waals surface area contributed by atoms with E-state index in [1.54, 1.807) is 22.2 Å². The summed E-state index contributed by atoms with van der Waals surface area (Å²) in [7, 11) is 0. The summed E-state index contributed by atoms with van der Waals surface area (Å²) >= 11 is 6.35. The molecule has 6 nitrogen and oxygen atoms in total. The molecule has 0 saturated carbocycles. The molecule has 4 rings (SSSR count). The fraction of sp³-hybridized carbons (Fsp3) is 0.526. The lowest BCUT2D eigenvalue weighted by Crippen LogP contribution is -2.54. The predicted octanol–water partition coefficient (Wildman–Crippen LogP) is 3.16. The summed E-state index contributed by atoms with van der Waals surface area (Å²) < 4.78 is 13.8. The number of aromatic nitrogens is 2. The van der Waals surface area contributed by atoms with Crippen molar-refractivity contribution in [2.75, 3.05) is 6.54 Å². The first kappa shape index (κ1) is 18.2. The number of H-pyrrole nitrogens is 1. The first-order valence-electron chi connectivity index (χ1n) is 9.19. The second kappa shape index (κ2) is 6.48. The normalized spacial score (nSPS) is 23.6.